The molecule has 3 aromatic rings. The first-order valence-electron chi connectivity index (χ1n) is 6.92. The monoisotopic (exact) mass is 263 g/mol. The second kappa shape index (κ2) is 5.53. The van der Waals surface area contributed by atoms with E-state index in [1.807, 2.05) is 60.7 Å². The van der Waals surface area contributed by atoms with Gasteiger partial charge < -0.3 is 0 Å². The summed E-state index contributed by atoms with van der Waals surface area (Å²) in [7, 11) is 0. The van der Waals surface area contributed by atoms with E-state index < -0.39 is 0 Å². The zero-order valence-corrected chi connectivity index (χ0v) is 10.9. The molecule has 0 N–H and O–H groups in total. The Morgan fingerprint density at radius 3 is 2.35 bits per heavy atom. The van der Waals surface area contributed by atoms with Crippen LogP contribution in [0.1, 0.15) is 6.93 Å². The van der Waals surface area contributed by atoms with Crippen molar-refractivity contribution < 1.29 is 1.37 Å². The Labute approximate surface area is 118 Å². The summed E-state index contributed by atoms with van der Waals surface area (Å²) in [5.74, 6) is 0. The van der Waals surface area contributed by atoms with Gasteiger partial charge >= 0.3 is 0 Å². The first-order chi connectivity index (χ1) is 10.3. The molecular formula is C17H14N2O. The molecule has 3 nitrogen and oxygen atoms in total. The molecule has 2 aromatic carbocycles. The number of rotatable bonds is 3. The SMILES string of the molecule is [2H]c1cnn(Cc2ccccc2)c(=O)c1-c1ccccc1. The molecule has 1 heterocycles. The van der Waals surface area contributed by atoms with Crippen LogP contribution >= 0.6 is 0 Å². The Bertz CT molecular complexity index is 798. The van der Waals surface area contributed by atoms with Gasteiger partial charge in [-0.2, -0.15) is 5.10 Å². The van der Waals surface area contributed by atoms with Gasteiger partial charge in [0.15, 0.2) is 0 Å². The van der Waals surface area contributed by atoms with Crippen molar-refractivity contribution in [2.75, 3.05) is 0 Å². The first kappa shape index (κ1) is 11.2. The van der Waals surface area contributed by atoms with Gasteiger partial charge in [0.05, 0.1) is 13.5 Å². The molecule has 0 atom stereocenters. The van der Waals surface area contributed by atoms with Gasteiger partial charge in [0.25, 0.3) is 5.56 Å². The molecule has 3 rings (SSSR count). The van der Waals surface area contributed by atoms with Gasteiger partial charge in [-0.25, -0.2) is 4.68 Å². The third kappa shape index (κ3) is 2.52. The molecule has 0 amide bonds. The van der Waals surface area contributed by atoms with Crippen LogP contribution in [0, 0.1) is 0 Å². The van der Waals surface area contributed by atoms with Crippen LogP contribution in [0.2, 0.25) is 0 Å². The maximum Gasteiger partial charge on any atom is 0.274 e. The van der Waals surface area contributed by atoms with Crippen LogP contribution < -0.4 is 5.56 Å². The summed E-state index contributed by atoms with van der Waals surface area (Å²) >= 11 is 0. The normalized spacial score (nSPS) is 11.1. The lowest BCUT2D eigenvalue weighted by Gasteiger charge is -2.07. The maximum atomic E-state index is 12.6. The highest BCUT2D eigenvalue weighted by Gasteiger charge is 2.06. The highest BCUT2D eigenvalue weighted by atomic mass is 16.1. The Morgan fingerprint density at radius 1 is 1.00 bits per heavy atom. The van der Waals surface area contributed by atoms with E-state index in [2.05, 4.69) is 5.10 Å². The molecule has 20 heavy (non-hydrogen) atoms. The van der Waals surface area contributed by atoms with E-state index in [1.165, 1.54) is 10.9 Å². The number of hydrogen-bond donors (Lipinski definition) is 0. The van der Waals surface area contributed by atoms with Crippen molar-refractivity contribution in [2.45, 2.75) is 6.54 Å². The lowest BCUT2D eigenvalue weighted by molar-refractivity contribution is 0.641. The fraction of sp³-hybridized carbons (Fsp3) is 0.0588. The summed E-state index contributed by atoms with van der Waals surface area (Å²) in [6.45, 7) is 0.403. The standard InChI is InChI=1S/C17H14N2O/c20-17-16(15-9-5-2-6-10-15)11-12-18-19(17)13-14-7-3-1-4-8-14/h1-12H,13H2/i11D. The van der Waals surface area contributed by atoms with E-state index in [1.54, 1.807) is 0 Å². The smallest absolute Gasteiger partial charge is 0.267 e. The number of nitrogens with zero attached hydrogens (tertiary/aromatic N) is 2. The molecule has 0 aliphatic carbocycles. The second-order valence-corrected chi connectivity index (χ2v) is 4.48. The molecule has 0 aliphatic rings. The summed E-state index contributed by atoms with van der Waals surface area (Å²) in [4.78, 5) is 12.6. The van der Waals surface area contributed by atoms with Crippen LogP contribution in [0.3, 0.4) is 0 Å². The van der Waals surface area contributed by atoms with Crippen LogP contribution in [0.15, 0.2) is 77.7 Å². The van der Waals surface area contributed by atoms with Gasteiger partial charge in [-0.05, 0) is 17.2 Å². The predicted molar refractivity (Wildman–Crippen MR) is 79.5 cm³/mol. The van der Waals surface area contributed by atoms with Crippen molar-refractivity contribution in [3.63, 3.8) is 0 Å². The fourth-order valence-electron chi connectivity index (χ4n) is 2.09. The Balaban J connectivity index is 2.07. The molecule has 0 fully saturated rings. The second-order valence-electron chi connectivity index (χ2n) is 4.48. The van der Waals surface area contributed by atoms with E-state index in [9.17, 15) is 4.79 Å². The van der Waals surface area contributed by atoms with Crippen LogP contribution in [-0.2, 0) is 6.54 Å². The van der Waals surface area contributed by atoms with Gasteiger partial charge in [0.1, 0.15) is 0 Å². The van der Waals surface area contributed by atoms with Crippen molar-refractivity contribution in [1.29, 1.82) is 0 Å². The fourth-order valence-corrected chi connectivity index (χ4v) is 2.09. The third-order valence-corrected chi connectivity index (χ3v) is 3.09. The van der Waals surface area contributed by atoms with Crippen molar-refractivity contribution >= 4 is 0 Å². The summed E-state index contributed by atoms with van der Waals surface area (Å²) in [5.41, 5.74) is 1.90. The Kier molecular flexibility index (Phi) is 3.09. The molecule has 0 spiro atoms. The number of benzene rings is 2. The average molecular weight is 263 g/mol. The van der Waals surface area contributed by atoms with Crippen molar-refractivity contribution in [3.8, 4) is 11.1 Å². The molecule has 3 heteroatoms. The minimum absolute atomic E-state index is 0.149. The third-order valence-electron chi connectivity index (χ3n) is 3.09. The molecule has 0 unspecified atom stereocenters. The molecule has 0 bridgehead atoms. The van der Waals surface area contributed by atoms with Gasteiger partial charge in [-0.3, -0.25) is 4.79 Å². The molecule has 0 aliphatic heterocycles. The maximum absolute atomic E-state index is 12.6. The van der Waals surface area contributed by atoms with Gasteiger partial charge in [-0.15, -0.1) is 0 Å². The topological polar surface area (TPSA) is 34.9 Å². The minimum atomic E-state index is -0.238. The van der Waals surface area contributed by atoms with E-state index in [0.717, 1.165) is 11.1 Å². The molecule has 0 saturated heterocycles. The van der Waals surface area contributed by atoms with Gasteiger partial charge in [-0.1, -0.05) is 60.7 Å². The van der Waals surface area contributed by atoms with E-state index in [4.69, 9.17) is 1.37 Å². The van der Waals surface area contributed by atoms with E-state index in [-0.39, 0.29) is 11.6 Å². The Hall–Kier alpha value is -2.68. The first-order valence-corrected chi connectivity index (χ1v) is 6.42. The van der Waals surface area contributed by atoms with Gasteiger partial charge in [0, 0.05) is 6.20 Å². The average Bonchev–Trinajstić information content (AvgIpc) is 2.52. The molecule has 1 aromatic heterocycles. The van der Waals surface area contributed by atoms with Crippen LogP contribution in [0.5, 0.6) is 0 Å². The molecule has 98 valence electrons. The van der Waals surface area contributed by atoms with Crippen molar-refractivity contribution in [2.24, 2.45) is 0 Å². The van der Waals surface area contributed by atoms with Crippen molar-refractivity contribution in [1.82, 2.24) is 9.78 Å². The number of hydrogen-bond acceptors (Lipinski definition) is 2. The van der Waals surface area contributed by atoms with Crippen LogP contribution in [-0.4, -0.2) is 9.78 Å². The van der Waals surface area contributed by atoms with E-state index >= 15 is 0 Å². The van der Waals surface area contributed by atoms with E-state index in [0.29, 0.717) is 12.1 Å². The highest BCUT2D eigenvalue weighted by molar-refractivity contribution is 5.61. The lowest BCUT2D eigenvalue weighted by Crippen LogP contribution is -2.24. The number of aromatic nitrogens is 2. The zero-order valence-electron chi connectivity index (χ0n) is 11.9. The summed E-state index contributed by atoms with van der Waals surface area (Å²) in [6, 6.07) is 19.1. The minimum Gasteiger partial charge on any atom is -0.267 e. The van der Waals surface area contributed by atoms with Gasteiger partial charge in [0.2, 0.25) is 0 Å². The Morgan fingerprint density at radius 2 is 1.65 bits per heavy atom. The zero-order chi connectivity index (χ0) is 14.7. The van der Waals surface area contributed by atoms with Crippen LogP contribution in [0.4, 0.5) is 0 Å². The quantitative estimate of drug-likeness (QED) is 0.728. The molecule has 0 saturated carbocycles. The molecule has 0 radical (unpaired) electrons. The van der Waals surface area contributed by atoms with Crippen LogP contribution in [0.25, 0.3) is 11.1 Å². The summed E-state index contributed by atoms with van der Waals surface area (Å²) in [5, 5.41) is 4.08. The summed E-state index contributed by atoms with van der Waals surface area (Å²) in [6.07, 6.45) is 1.42. The molecular weight excluding hydrogens is 248 g/mol. The van der Waals surface area contributed by atoms with Crippen molar-refractivity contribution in [3.05, 3.63) is 88.8 Å². The summed E-state index contributed by atoms with van der Waals surface area (Å²) < 4.78 is 9.35. The lowest BCUT2D eigenvalue weighted by atomic mass is 10.1. The largest absolute Gasteiger partial charge is 0.274 e. The predicted octanol–water partition coefficient (Wildman–Crippen LogP) is 2.96. The highest BCUT2D eigenvalue weighted by Crippen LogP contribution is 2.13.